The van der Waals surface area contributed by atoms with Gasteiger partial charge in [0.2, 0.25) is 10.0 Å². The van der Waals surface area contributed by atoms with Gasteiger partial charge in [-0.25, -0.2) is 13.1 Å². The molecule has 2 N–H and O–H groups in total. The summed E-state index contributed by atoms with van der Waals surface area (Å²) in [5, 5.41) is 15.1. The molecule has 0 saturated heterocycles. The second kappa shape index (κ2) is 11.7. The number of hydrogen-bond donors (Lipinski definition) is 2. The molecule has 0 amide bonds. The molecule has 0 spiro atoms. The Morgan fingerprint density at radius 3 is 2.24 bits per heavy atom. The third kappa shape index (κ3) is 7.11. The van der Waals surface area contributed by atoms with E-state index in [0.29, 0.717) is 12.8 Å². The highest BCUT2D eigenvalue weighted by molar-refractivity contribution is 7.89. The summed E-state index contributed by atoms with van der Waals surface area (Å²) in [6.45, 7) is 0.981. The van der Waals surface area contributed by atoms with E-state index in [-0.39, 0.29) is 28.9 Å². The Balaban J connectivity index is 1.86. The van der Waals surface area contributed by atoms with Crippen LogP contribution in [0, 0.1) is 10.1 Å². The summed E-state index contributed by atoms with van der Waals surface area (Å²) < 4.78 is 27.9. The molecule has 0 aliphatic rings. The molecule has 3 aromatic rings. The lowest BCUT2D eigenvalue weighted by Crippen LogP contribution is -2.27. The fraction of sp³-hybridized carbons (Fsp3) is 0.280. The lowest BCUT2D eigenvalue weighted by molar-refractivity contribution is -0.384. The van der Waals surface area contributed by atoms with Crippen LogP contribution in [-0.4, -0.2) is 45.4 Å². The van der Waals surface area contributed by atoms with Gasteiger partial charge in [-0.15, -0.1) is 0 Å². The van der Waals surface area contributed by atoms with Crippen LogP contribution in [0.5, 0.6) is 0 Å². The number of sulfonamides is 1. The first-order chi connectivity index (χ1) is 16.3. The molecule has 1 atom stereocenters. The van der Waals surface area contributed by atoms with Crippen molar-refractivity contribution in [2.45, 2.75) is 23.8 Å². The molecule has 0 aromatic heterocycles. The molecule has 0 saturated carbocycles. The minimum atomic E-state index is -3.86. The van der Waals surface area contributed by atoms with Gasteiger partial charge in [0, 0.05) is 12.6 Å². The van der Waals surface area contributed by atoms with Gasteiger partial charge in [-0.1, -0.05) is 60.7 Å². The number of hydrogen-bond acceptors (Lipinski definition) is 6. The Hall–Kier alpha value is -3.27. The zero-order valence-electron chi connectivity index (χ0n) is 19.3. The van der Waals surface area contributed by atoms with E-state index in [0.717, 1.165) is 23.7 Å². The maximum absolute atomic E-state index is 12.7. The summed E-state index contributed by atoms with van der Waals surface area (Å²) in [6, 6.07) is 23.2. The highest BCUT2D eigenvalue weighted by Gasteiger charge is 2.23. The quantitative estimate of drug-likeness (QED) is 0.228. The summed E-state index contributed by atoms with van der Waals surface area (Å²) in [4.78, 5) is 13.1. The summed E-state index contributed by atoms with van der Waals surface area (Å²) in [5.41, 5.74) is 2.03. The lowest BCUT2D eigenvalue weighted by atomic mass is 9.98. The molecule has 0 radical (unpaired) electrons. The van der Waals surface area contributed by atoms with Gasteiger partial charge in [0.05, 0.1) is 15.9 Å². The van der Waals surface area contributed by atoms with Crippen LogP contribution in [0.25, 0.3) is 0 Å². The van der Waals surface area contributed by atoms with Crippen molar-refractivity contribution in [1.82, 2.24) is 9.62 Å². The van der Waals surface area contributed by atoms with E-state index >= 15 is 0 Å². The van der Waals surface area contributed by atoms with Gasteiger partial charge in [-0.3, -0.25) is 10.1 Å². The molecule has 180 valence electrons. The highest BCUT2D eigenvalue weighted by Crippen LogP contribution is 2.32. The highest BCUT2D eigenvalue weighted by atomic mass is 32.2. The number of rotatable bonds is 12. The maximum atomic E-state index is 12.7. The summed E-state index contributed by atoms with van der Waals surface area (Å²) in [7, 11) is -0.0472. The van der Waals surface area contributed by atoms with Gasteiger partial charge < -0.3 is 10.2 Å². The van der Waals surface area contributed by atoms with E-state index in [1.54, 1.807) is 0 Å². The van der Waals surface area contributed by atoms with Crippen molar-refractivity contribution in [1.29, 1.82) is 0 Å². The molecule has 9 heteroatoms. The predicted octanol–water partition coefficient (Wildman–Crippen LogP) is 4.22. The first kappa shape index (κ1) is 25.4. The van der Waals surface area contributed by atoms with Gasteiger partial charge in [-0.05, 0) is 56.7 Å². The van der Waals surface area contributed by atoms with E-state index in [9.17, 15) is 18.5 Å². The smallest absolute Gasteiger partial charge is 0.293 e. The fourth-order valence-corrected chi connectivity index (χ4v) is 4.71. The Kier molecular flexibility index (Phi) is 8.75. The Bertz CT molecular complexity index is 1190. The zero-order valence-corrected chi connectivity index (χ0v) is 20.2. The number of nitro groups is 1. The third-order valence-corrected chi connectivity index (χ3v) is 6.82. The number of nitrogens with one attached hydrogen (secondary N) is 2. The van der Waals surface area contributed by atoms with Crippen molar-refractivity contribution >= 4 is 21.4 Å². The van der Waals surface area contributed by atoms with Crippen LogP contribution in [0.15, 0.2) is 83.8 Å². The summed E-state index contributed by atoms with van der Waals surface area (Å²) >= 11 is 0. The van der Waals surface area contributed by atoms with Crippen molar-refractivity contribution in [2.24, 2.45) is 0 Å². The maximum Gasteiger partial charge on any atom is 0.293 e. The van der Waals surface area contributed by atoms with Gasteiger partial charge in [-0.2, -0.15) is 0 Å². The average Bonchev–Trinajstić information content (AvgIpc) is 2.82. The molecule has 0 fully saturated rings. The first-order valence-corrected chi connectivity index (χ1v) is 12.5. The monoisotopic (exact) mass is 482 g/mol. The zero-order chi connectivity index (χ0) is 24.6. The van der Waals surface area contributed by atoms with Crippen LogP contribution in [-0.2, 0) is 16.4 Å². The van der Waals surface area contributed by atoms with Crippen LogP contribution in [0.4, 0.5) is 11.4 Å². The Labute approximate surface area is 200 Å². The molecule has 0 heterocycles. The van der Waals surface area contributed by atoms with Crippen molar-refractivity contribution < 1.29 is 13.3 Å². The molecular formula is C25H30N4O4S. The normalized spacial score (nSPS) is 12.4. The minimum Gasteiger partial charge on any atom is -0.372 e. The third-order valence-electron chi connectivity index (χ3n) is 5.36. The van der Waals surface area contributed by atoms with E-state index < -0.39 is 14.9 Å². The van der Waals surface area contributed by atoms with Gasteiger partial charge in [0.25, 0.3) is 5.69 Å². The van der Waals surface area contributed by atoms with Crippen molar-refractivity contribution in [3.63, 3.8) is 0 Å². The largest absolute Gasteiger partial charge is 0.372 e. The topological polar surface area (TPSA) is 105 Å². The van der Waals surface area contributed by atoms with Crippen molar-refractivity contribution in [3.8, 4) is 0 Å². The van der Waals surface area contributed by atoms with E-state index in [4.69, 9.17) is 0 Å². The van der Waals surface area contributed by atoms with Gasteiger partial charge >= 0.3 is 0 Å². The van der Waals surface area contributed by atoms with Crippen LogP contribution >= 0.6 is 0 Å². The Morgan fingerprint density at radius 2 is 1.62 bits per heavy atom. The molecule has 0 bridgehead atoms. The predicted molar refractivity (Wildman–Crippen MR) is 134 cm³/mol. The lowest BCUT2D eigenvalue weighted by Gasteiger charge is -2.21. The van der Waals surface area contributed by atoms with Crippen LogP contribution < -0.4 is 10.0 Å². The van der Waals surface area contributed by atoms with Crippen LogP contribution in [0.3, 0.4) is 0 Å². The van der Waals surface area contributed by atoms with E-state index in [1.165, 1.54) is 12.1 Å². The standard InChI is InChI=1S/C25H30N4O4S/c1-28(2)17-9-16-26-34(32,33)22-14-15-23(25(19-22)29(30)31)27-24(21-12-7-4-8-13-21)18-20-10-5-3-6-11-20/h3-8,10-15,19,24,26-27H,9,16-18H2,1-2H3. The van der Waals surface area contributed by atoms with Crippen molar-refractivity contribution in [2.75, 3.05) is 32.5 Å². The van der Waals surface area contributed by atoms with Crippen molar-refractivity contribution in [3.05, 3.63) is 100 Å². The van der Waals surface area contributed by atoms with Crippen LogP contribution in [0.1, 0.15) is 23.6 Å². The number of nitrogens with zero attached hydrogens (tertiary/aromatic N) is 2. The van der Waals surface area contributed by atoms with Crippen LogP contribution in [0.2, 0.25) is 0 Å². The molecule has 8 nitrogen and oxygen atoms in total. The van der Waals surface area contributed by atoms with E-state index in [1.807, 2.05) is 79.7 Å². The summed E-state index contributed by atoms with van der Waals surface area (Å²) in [6.07, 6.45) is 1.24. The second-order valence-corrected chi connectivity index (χ2v) is 10.1. The molecule has 34 heavy (non-hydrogen) atoms. The molecule has 0 aliphatic heterocycles. The van der Waals surface area contributed by atoms with Gasteiger partial charge in [0.1, 0.15) is 5.69 Å². The number of benzene rings is 3. The molecule has 3 aromatic carbocycles. The Morgan fingerprint density at radius 1 is 0.971 bits per heavy atom. The molecular weight excluding hydrogens is 452 g/mol. The first-order valence-electron chi connectivity index (χ1n) is 11.0. The SMILES string of the molecule is CN(C)CCCNS(=O)(=O)c1ccc(NC(Cc2ccccc2)c2ccccc2)c([N+](=O)[O-])c1. The minimum absolute atomic E-state index is 0.131. The number of nitro benzene ring substituents is 1. The number of anilines is 1. The molecule has 1 unspecified atom stereocenters. The van der Waals surface area contributed by atoms with E-state index in [2.05, 4.69) is 10.0 Å². The average molecular weight is 483 g/mol. The second-order valence-electron chi connectivity index (χ2n) is 8.29. The van der Waals surface area contributed by atoms with Gasteiger partial charge in [0.15, 0.2) is 0 Å². The molecule has 0 aliphatic carbocycles. The molecule has 3 rings (SSSR count). The fourth-order valence-electron chi connectivity index (χ4n) is 3.61. The summed E-state index contributed by atoms with van der Waals surface area (Å²) in [5.74, 6) is 0.